The molecule has 1 fully saturated rings. The highest BCUT2D eigenvalue weighted by Crippen LogP contribution is 2.18. The van der Waals surface area contributed by atoms with Crippen LogP contribution in [0.2, 0.25) is 0 Å². The number of piperidine rings is 1. The fourth-order valence-electron chi connectivity index (χ4n) is 2.89. The average Bonchev–Trinajstić information content (AvgIpc) is 2.64. The van der Waals surface area contributed by atoms with E-state index >= 15 is 0 Å². The number of benzene rings is 1. The number of ether oxygens (including phenoxy) is 1. The van der Waals surface area contributed by atoms with Crippen molar-refractivity contribution in [3.8, 4) is 0 Å². The molecule has 2 atom stereocenters. The highest BCUT2D eigenvalue weighted by Gasteiger charge is 2.29. The van der Waals surface area contributed by atoms with Crippen molar-refractivity contribution in [2.24, 2.45) is 11.7 Å². The molecule has 0 spiro atoms. The summed E-state index contributed by atoms with van der Waals surface area (Å²) in [6.07, 6.45) is 2.53. The van der Waals surface area contributed by atoms with Crippen molar-refractivity contribution in [2.45, 2.75) is 51.8 Å². The molecule has 1 aliphatic rings. The van der Waals surface area contributed by atoms with Crippen molar-refractivity contribution in [3.05, 3.63) is 35.9 Å². The normalized spacial score (nSPS) is 18.7. The van der Waals surface area contributed by atoms with E-state index in [0.717, 1.165) is 24.8 Å². The molecule has 6 heteroatoms. The first kappa shape index (κ1) is 19.2. The van der Waals surface area contributed by atoms with Crippen molar-refractivity contribution in [1.29, 1.82) is 0 Å². The number of nitrogens with one attached hydrogen (secondary N) is 1. The lowest BCUT2D eigenvalue weighted by Gasteiger charge is -2.35. The van der Waals surface area contributed by atoms with Gasteiger partial charge in [0.1, 0.15) is 6.61 Å². The maximum Gasteiger partial charge on any atom is 0.410 e. The highest BCUT2D eigenvalue weighted by atomic mass is 16.6. The Hall–Kier alpha value is -2.08. The van der Waals surface area contributed by atoms with Crippen molar-refractivity contribution in [3.63, 3.8) is 0 Å². The van der Waals surface area contributed by atoms with Crippen LogP contribution in [0.25, 0.3) is 0 Å². The average molecular weight is 347 g/mol. The number of hydrogen-bond acceptors (Lipinski definition) is 4. The summed E-state index contributed by atoms with van der Waals surface area (Å²) in [4.78, 5) is 26.2. The number of amides is 2. The molecule has 6 nitrogen and oxygen atoms in total. The SMILES string of the molecule is CC(C)[C@H](N)C(=O)NC[C@@H]1CCCCN1C(=O)OCc1ccccc1. The second-order valence-electron chi connectivity index (χ2n) is 6.90. The van der Waals surface area contributed by atoms with Gasteiger partial charge in [-0.05, 0) is 30.7 Å². The molecule has 1 saturated heterocycles. The zero-order valence-electron chi connectivity index (χ0n) is 15.1. The van der Waals surface area contributed by atoms with Crippen LogP contribution in [-0.4, -0.2) is 42.1 Å². The summed E-state index contributed by atoms with van der Waals surface area (Å²) in [5.41, 5.74) is 6.82. The number of hydrogen-bond donors (Lipinski definition) is 2. The summed E-state index contributed by atoms with van der Waals surface area (Å²) < 4.78 is 5.44. The van der Waals surface area contributed by atoms with Gasteiger partial charge in [-0.3, -0.25) is 4.79 Å². The third kappa shape index (κ3) is 5.74. The van der Waals surface area contributed by atoms with Crippen LogP contribution in [0.3, 0.4) is 0 Å². The lowest BCUT2D eigenvalue weighted by molar-refractivity contribution is -0.123. The summed E-state index contributed by atoms with van der Waals surface area (Å²) in [5, 5.41) is 2.88. The standard InChI is InChI=1S/C19H29N3O3/c1-14(2)17(20)18(23)21-12-16-10-6-7-11-22(16)19(24)25-13-15-8-4-3-5-9-15/h3-5,8-9,14,16-17H,6-7,10-13,20H2,1-2H3,(H,21,23)/t16-,17-/m0/s1. The minimum absolute atomic E-state index is 0.0414. The molecule has 1 aromatic rings. The van der Waals surface area contributed by atoms with E-state index in [4.69, 9.17) is 10.5 Å². The molecule has 0 saturated carbocycles. The van der Waals surface area contributed by atoms with Crippen molar-refractivity contribution >= 4 is 12.0 Å². The van der Waals surface area contributed by atoms with Gasteiger partial charge in [-0.25, -0.2) is 4.79 Å². The van der Waals surface area contributed by atoms with Crippen LogP contribution in [0.5, 0.6) is 0 Å². The molecule has 138 valence electrons. The first-order valence-electron chi connectivity index (χ1n) is 8.99. The van der Waals surface area contributed by atoms with Crippen LogP contribution >= 0.6 is 0 Å². The van der Waals surface area contributed by atoms with Crippen LogP contribution in [0, 0.1) is 5.92 Å². The smallest absolute Gasteiger partial charge is 0.410 e. The van der Waals surface area contributed by atoms with Gasteiger partial charge in [0.15, 0.2) is 0 Å². The van der Waals surface area contributed by atoms with E-state index in [9.17, 15) is 9.59 Å². The summed E-state index contributed by atoms with van der Waals surface area (Å²) in [6, 6.07) is 9.04. The molecular weight excluding hydrogens is 318 g/mol. The minimum atomic E-state index is -0.526. The number of carbonyl (C=O) groups excluding carboxylic acids is 2. The Balaban J connectivity index is 1.86. The van der Waals surface area contributed by atoms with Crippen LogP contribution in [0.15, 0.2) is 30.3 Å². The van der Waals surface area contributed by atoms with Crippen LogP contribution < -0.4 is 11.1 Å². The lowest BCUT2D eigenvalue weighted by Crippen LogP contribution is -2.52. The van der Waals surface area contributed by atoms with E-state index in [1.807, 2.05) is 44.2 Å². The number of rotatable bonds is 6. The molecule has 0 aliphatic carbocycles. The van der Waals surface area contributed by atoms with Gasteiger partial charge in [0.05, 0.1) is 12.1 Å². The lowest BCUT2D eigenvalue weighted by atomic mass is 10.0. The molecule has 1 aromatic carbocycles. The highest BCUT2D eigenvalue weighted by molar-refractivity contribution is 5.81. The first-order chi connectivity index (χ1) is 12.0. The molecule has 0 radical (unpaired) electrons. The number of carbonyl (C=O) groups is 2. The molecule has 2 rings (SSSR count). The Kier molecular flexibility index (Phi) is 7.25. The predicted molar refractivity (Wildman–Crippen MR) is 96.8 cm³/mol. The van der Waals surface area contributed by atoms with E-state index in [2.05, 4.69) is 5.32 Å². The summed E-state index contributed by atoms with van der Waals surface area (Å²) in [7, 11) is 0. The third-order valence-corrected chi connectivity index (χ3v) is 4.60. The Morgan fingerprint density at radius 1 is 1.28 bits per heavy atom. The van der Waals surface area contributed by atoms with Gasteiger partial charge in [0.25, 0.3) is 0 Å². The molecule has 1 heterocycles. The van der Waals surface area contributed by atoms with E-state index in [-0.39, 0.29) is 30.6 Å². The third-order valence-electron chi connectivity index (χ3n) is 4.60. The maximum absolute atomic E-state index is 12.4. The summed E-state index contributed by atoms with van der Waals surface area (Å²) in [5.74, 6) is -0.0866. The first-order valence-corrected chi connectivity index (χ1v) is 8.99. The molecule has 2 amide bonds. The van der Waals surface area contributed by atoms with Crippen LogP contribution in [0.1, 0.15) is 38.7 Å². The van der Waals surface area contributed by atoms with E-state index in [1.165, 1.54) is 0 Å². The Labute approximate surface area is 149 Å². The Morgan fingerprint density at radius 2 is 2.00 bits per heavy atom. The zero-order chi connectivity index (χ0) is 18.2. The maximum atomic E-state index is 12.4. The van der Waals surface area contributed by atoms with Crippen LogP contribution in [0.4, 0.5) is 4.79 Å². The second kappa shape index (κ2) is 9.42. The van der Waals surface area contributed by atoms with Gasteiger partial charge < -0.3 is 20.7 Å². The molecule has 25 heavy (non-hydrogen) atoms. The van der Waals surface area contributed by atoms with Crippen molar-refractivity contribution < 1.29 is 14.3 Å². The molecule has 0 unspecified atom stereocenters. The van der Waals surface area contributed by atoms with Gasteiger partial charge in [0.2, 0.25) is 5.91 Å². The van der Waals surface area contributed by atoms with E-state index in [0.29, 0.717) is 13.1 Å². The van der Waals surface area contributed by atoms with Crippen molar-refractivity contribution in [1.82, 2.24) is 10.2 Å². The molecular formula is C19H29N3O3. The van der Waals surface area contributed by atoms with Gasteiger partial charge in [-0.2, -0.15) is 0 Å². The number of nitrogens with two attached hydrogens (primary N) is 1. The van der Waals surface area contributed by atoms with Crippen LogP contribution in [-0.2, 0) is 16.1 Å². The van der Waals surface area contributed by atoms with Gasteiger partial charge in [0, 0.05) is 13.1 Å². The quantitative estimate of drug-likeness (QED) is 0.827. The van der Waals surface area contributed by atoms with E-state index in [1.54, 1.807) is 4.90 Å². The molecule has 0 bridgehead atoms. The fraction of sp³-hybridized carbons (Fsp3) is 0.579. The summed E-state index contributed by atoms with van der Waals surface area (Å²) >= 11 is 0. The fourth-order valence-corrected chi connectivity index (χ4v) is 2.89. The molecule has 3 N–H and O–H groups in total. The second-order valence-corrected chi connectivity index (χ2v) is 6.90. The van der Waals surface area contributed by atoms with Gasteiger partial charge in [-0.15, -0.1) is 0 Å². The monoisotopic (exact) mass is 347 g/mol. The van der Waals surface area contributed by atoms with Gasteiger partial charge >= 0.3 is 6.09 Å². The Morgan fingerprint density at radius 3 is 2.68 bits per heavy atom. The van der Waals surface area contributed by atoms with Gasteiger partial charge in [-0.1, -0.05) is 44.2 Å². The minimum Gasteiger partial charge on any atom is -0.445 e. The zero-order valence-corrected chi connectivity index (χ0v) is 15.1. The number of nitrogens with zero attached hydrogens (tertiary/aromatic N) is 1. The molecule has 0 aromatic heterocycles. The van der Waals surface area contributed by atoms with Crippen molar-refractivity contribution in [2.75, 3.05) is 13.1 Å². The van der Waals surface area contributed by atoms with E-state index < -0.39 is 6.04 Å². The molecule has 1 aliphatic heterocycles. The predicted octanol–water partition coefficient (Wildman–Crippen LogP) is 2.28. The number of likely N-dealkylation sites (tertiary alicyclic amines) is 1. The summed E-state index contributed by atoms with van der Waals surface area (Å²) in [6.45, 7) is 5.16. The topological polar surface area (TPSA) is 84.7 Å². The largest absolute Gasteiger partial charge is 0.445 e. The Bertz CT molecular complexity index is 562.